The molecule has 0 fully saturated rings. The maximum absolute atomic E-state index is 12.5. The number of imide groups is 1. The number of hydrogen-bond donors (Lipinski definition) is 2. The number of amides is 2. The Labute approximate surface area is 162 Å². The Morgan fingerprint density at radius 3 is 1.57 bits per heavy atom. The number of nitrogens with zero attached hydrogens (tertiary/aromatic N) is 1. The second-order valence-electron chi connectivity index (χ2n) is 4.44. The standard InChI is InChI=1S/C12H5Br4NO6/c13-6-4-5(7(14)9(16)8(6)15)11(21)17(10(4)20)2(12(22)23)1-3(18)19/h2H,1H2,(H,18,19)(H,22,23). The number of carbonyl (C=O) groups excluding carboxylic acids is 2. The van der Waals surface area contributed by atoms with Gasteiger partial charge in [-0.25, -0.2) is 4.79 Å². The van der Waals surface area contributed by atoms with Crippen LogP contribution < -0.4 is 0 Å². The van der Waals surface area contributed by atoms with Crippen molar-refractivity contribution < 1.29 is 29.4 Å². The molecule has 0 spiro atoms. The normalized spacial score (nSPS) is 14.9. The quantitative estimate of drug-likeness (QED) is 0.322. The van der Waals surface area contributed by atoms with E-state index < -0.39 is 36.2 Å². The van der Waals surface area contributed by atoms with E-state index in [-0.39, 0.29) is 20.1 Å². The zero-order valence-electron chi connectivity index (χ0n) is 10.8. The van der Waals surface area contributed by atoms with Crippen molar-refractivity contribution in [2.45, 2.75) is 12.5 Å². The highest BCUT2D eigenvalue weighted by atomic mass is 79.9. The van der Waals surface area contributed by atoms with Crippen molar-refractivity contribution in [1.82, 2.24) is 4.90 Å². The minimum atomic E-state index is -1.80. The van der Waals surface area contributed by atoms with Crippen LogP contribution >= 0.6 is 63.7 Å². The topological polar surface area (TPSA) is 112 Å². The summed E-state index contributed by atoms with van der Waals surface area (Å²) in [6, 6.07) is -1.80. The average Bonchev–Trinajstić information content (AvgIpc) is 2.71. The third-order valence-corrected chi connectivity index (χ3v) is 7.87. The predicted octanol–water partition coefficient (Wildman–Crippen LogP) is 3.26. The minimum Gasteiger partial charge on any atom is -0.481 e. The SMILES string of the molecule is O=C(O)CC(C(=O)O)N1C(=O)c2c(Br)c(Br)c(Br)c(Br)c2C1=O. The monoisotopic (exact) mass is 575 g/mol. The highest BCUT2D eigenvalue weighted by molar-refractivity contribution is 9.15. The van der Waals surface area contributed by atoms with E-state index in [1.54, 1.807) is 0 Å². The second kappa shape index (κ2) is 6.61. The number of fused-ring (bicyclic) bond motifs is 1. The molecule has 11 heteroatoms. The summed E-state index contributed by atoms with van der Waals surface area (Å²) in [7, 11) is 0. The average molecular weight is 579 g/mol. The Hall–Kier alpha value is -0.780. The van der Waals surface area contributed by atoms with Crippen LogP contribution in [0.25, 0.3) is 0 Å². The number of halogens is 4. The molecule has 7 nitrogen and oxygen atoms in total. The molecule has 2 amide bonds. The van der Waals surface area contributed by atoms with Gasteiger partial charge in [-0.15, -0.1) is 0 Å². The van der Waals surface area contributed by atoms with Crippen molar-refractivity contribution in [3.8, 4) is 0 Å². The van der Waals surface area contributed by atoms with Crippen LogP contribution in [0.1, 0.15) is 27.1 Å². The molecule has 122 valence electrons. The molecular formula is C12H5Br4NO6. The van der Waals surface area contributed by atoms with E-state index in [1.807, 2.05) is 0 Å². The molecule has 1 heterocycles. The number of carboxylic acids is 2. The molecule has 23 heavy (non-hydrogen) atoms. The van der Waals surface area contributed by atoms with Crippen LogP contribution in [-0.4, -0.2) is 44.9 Å². The molecule has 0 radical (unpaired) electrons. The number of carboxylic acid groups (broad SMARTS) is 2. The molecule has 0 saturated carbocycles. The maximum Gasteiger partial charge on any atom is 0.327 e. The molecule has 1 aliphatic heterocycles. The van der Waals surface area contributed by atoms with E-state index in [0.29, 0.717) is 13.8 Å². The van der Waals surface area contributed by atoms with Gasteiger partial charge in [0.05, 0.1) is 17.5 Å². The fraction of sp³-hybridized carbons (Fsp3) is 0.167. The van der Waals surface area contributed by atoms with Gasteiger partial charge in [0.1, 0.15) is 6.04 Å². The Morgan fingerprint density at radius 2 is 1.26 bits per heavy atom. The number of carbonyl (C=O) groups is 4. The van der Waals surface area contributed by atoms with E-state index in [4.69, 9.17) is 5.11 Å². The van der Waals surface area contributed by atoms with Gasteiger partial charge in [0.25, 0.3) is 11.8 Å². The van der Waals surface area contributed by atoms with Crippen LogP contribution in [0.4, 0.5) is 0 Å². The number of rotatable bonds is 4. The summed E-state index contributed by atoms with van der Waals surface area (Å²) in [6.07, 6.45) is -0.890. The summed E-state index contributed by atoms with van der Waals surface area (Å²) >= 11 is 12.9. The lowest BCUT2D eigenvalue weighted by atomic mass is 10.1. The second-order valence-corrected chi connectivity index (χ2v) is 7.61. The molecule has 1 atom stereocenters. The summed E-state index contributed by atoms with van der Waals surface area (Å²) < 4.78 is 1.44. The van der Waals surface area contributed by atoms with Gasteiger partial charge in [-0.2, -0.15) is 0 Å². The number of hydrogen-bond acceptors (Lipinski definition) is 4. The number of aliphatic carboxylic acids is 2. The third kappa shape index (κ3) is 2.99. The molecule has 1 aromatic carbocycles. The first-order chi connectivity index (χ1) is 10.6. The van der Waals surface area contributed by atoms with Gasteiger partial charge in [0.2, 0.25) is 0 Å². The zero-order valence-corrected chi connectivity index (χ0v) is 17.1. The fourth-order valence-corrected chi connectivity index (χ4v) is 4.56. The van der Waals surface area contributed by atoms with Crippen molar-refractivity contribution in [3.63, 3.8) is 0 Å². The predicted molar refractivity (Wildman–Crippen MR) is 91.4 cm³/mol. The first-order valence-electron chi connectivity index (χ1n) is 5.78. The van der Waals surface area contributed by atoms with Crippen molar-refractivity contribution in [2.75, 3.05) is 0 Å². The molecule has 1 aliphatic rings. The Morgan fingerprint density at radius 1 is 0.870 bits per heavy atom. The van der Waals surface area contributed by atoms with Crippen LogP contribution in [0.2, 0.25) is 0 Å². The lowest BCUT2D eigenvalue weighted by Gasteiger charge is -2.20. The van der Waals surface area contributed by atoms with Crippen molar-refractivity contribution in [2.24, 2.45) is 0 Å². The van der Waals surface area contributed by atoms with E-state index >= 15 is 0 Å². The van der Waals surface area contributed by atoms with Gasteiger partial charge in [-0.05, 0) is 63.7 Å². The zero-order chi connectivity index (χ0) is 17.6. The molecule has 1 aromatic rings. The highest BCUT2D eigenvalue weighted by Gasteiger charge is 2.47. The van der Waals surface area contributed by atoms with Crippen LogP contribution in [-0.2, 0) is 9.59 Å². The van der Waals surface area contributed by atoms with Gasteiger partial charge in [-0.1, -0.05) is 0 Å². The van der Waals surface area contributed by atoms with E-state index in [2.05, 4.69) is 63.7 Å². The Kier molecular flexibility index (Phi) is 5.34. The Balaban J connectivity index is 2.66. The first kappa shape index (κ1) is 18.6. The van der Waals surface area contributed by atoms with Gasteiger partial charge in [0, 0.05) is 17.9 Å². The van der Waals surface area contributed by atoms with E-state index in [1.165, 1.54) is 0 Å². The summed E-state index contributed by atoms with van der Waals surface area (Å²) in [4.78, 5) is 47.7. The van der Waals surface area contributed by atoms with Crippen molar-refractivity contribution in [3.05, 3.63) is 29.0 Å². The van der Waals surface area contributed by atoms with E-state index in [0.717, 1.165) is 0 Å². The molecule has 0 aliphatic carbocycles. The highest BCUT2D eigenvalue weighted by Crippen LogP contribution is 2.45. The van der Waals surface area contributed by atoms with Crippen molar-refractivity contribution in [1.29, 1.82) is 0 Å². The summed E-state index contributed by atoms with van der Waals surface area (Å²) in [5.74, 6) is -4.76. The Bertz CT molecular complexity index is 731. The third-order valence-electron chi connectivity index (χ3n) is 3.10. The molecule has 0 saturated heterocycles. The smallest absolute Gasteiger partial charge is 0.327 e. The molecular weight excluding hydrogens is 574 g/mol. The summed E-state index contributed by atoms with van der Waals surface area (Å²) in [6.45, 7) is 0. The largest absolute Gasteiger partial charge is 0.481 e. The minimum absolute atomic E-state index is 0.0337. The summed E-state index contributed by atoms with van der Waals surface area (Å²) in [5, 5.41) is 18.0. The van der Waals surface area contributed by atoms with Gasteiger partial charge in [-0.3, -0.25) is 19.3 Å². The van der Waals surface area contributed by atoms with Crippen LogP contribution in [0.15, 0.2) is 17.9 Å². The van der Waals surface area contributed by atoms with Gasteiger partial charge < -0.3 is 10.2 Å². The van der Waals surface area contributed by atoms with Crippen LogP contribution in [0, 0.1) is 0 Å². The summed E-state index contributed by atoms with van der Waals surface area (Å²) in [5.41, 5.74) is -0.0674. The van der Waals surface area contributed by atoms with Crippen molar-refractivity contribution >= 4 is 87.5 Å². The molecule has 0 aromatic heterocycles. The van der Waals surface area contributed by atoms with Crippen LogP contribution in [0.3, 0.4) is 0 Å². The van der Waals surface area contributed by atoms with Crippen LogP contribution in [0.5, 0.6) is 0 Å². The lowest BCUT2D eigenvalue weighted by Crippen LogP contribution is -2.46. The molecule has 2 rings (SSSR count). The molecule has 0 bridgehead atoms. The number of benzene rings is 1. The first-order valence-corrected chi connectivity index (χ1v) is 8.95. The maximum atomic E-state index is 12.5. The fourth-order valence-electron chi connectivity index (χ4n) is 2.10. The van der Waals surface area contributed by atoms with Gasteiger partial charge >= 0.3 is 11.9 Å². The molecule has 1 unspecified atom stereocenters. The van der Waals surface area contributed by atoms with E-state index in [9.17, 15) is 24.3 Å². The molecule has 2 N–H and O–H groups in total. The van der Waals surface area contributed by atoms with Gasteiger partial charge in [0.15, 0.2) is 0 Å². The lowest BCUT2D eigenvalue weighted by molar-refractivity contribution is -0.147.